The van der Waals surface area contributed by atoms with E-state index in [-0.39, 0.29) is 0 Å². The Morgan fingerprint density at radius 2 is 2.05 bits per heavy atom. The third-order valence-electron chi connectivity index (χ3n) is 4.17. The average Bonchev–Trinajstić information content (AvgIpc) is 3.06. The molecule has 3 rings (SSSR count). The first kappa shape index (κ1) is 13.4. The number of nitrogens with zero attached hydrogens (tertiary/aromatic N) is 2. The van der Waals surface area contributed by atoms with E-state index in [4.69, 9.17) is 9.26 Å². The molecule has 0 aromatic carbocycles. The Hall–Kier alpha value is -0.550. The molecule has 2 fully saturated rings. The van der Waals surface area contributed by atoms with Crippen molar-refractivity contribution in [2.24, 2.45) is 0 Å². The molecule has 4 nitrogen and oxygen atoms in total. The van der Waals surface area contributed by atoms with Crippen molar-refractivity contribution in [1.29, 1.82) is 0 Å². The highest BCUT2D eigenvalue weighted by Gasteiger charge is 2.26. The molecule has 1 aliphatic carbocycles. The van der Waals surface area contributed by atoms with Crippen molar-refractivity contribution in [3.63, 3.8) is 0 Å². The standard InChI is InChI=1S/C14H22N2O2S/c1-10-12(7-8-17-10)19-9-13-15-14(18-16-13)11-5-3-2-4-6-11/h10-12H,2-9H2,1H3/t10-,12-/m1/s1. The molecule has 1 aromatic heterocycles. The lowest BCUT2D eigenvalue weighted by molar-refractivity contribution is 0.127. The zero-order chi connectivity index (χ0) is 13.1. The van der Waals surface area contributed by atoms with Crippen LogP contribution < -0.4 is 0 Å². The Morgan fingerprint density at radius 1 is 1.21 bits per heavy atom. The summed E-state index contributed by atoms with van der Waals surface area (Å²) in [6, 6.07) is 0. The molecule has 1 saturated heterocycles. The zero-order valence-electron chi connectivity index (χ0n) is 11.5. The van der Waals surface area contributed by atoms with Gasteiger partial charge in [-0.05, 0) is 26.2 Å². The van der Waals surface area contributed by atoms with Crippen LogP contribution in [0.15, 0.2) is 4.52 Å². The molecule has 0 spiro atoms. The van der Waals surface area contributed by atoms with Crippen molar-refractivity contribution in [2.75, 3.05) is 6.61 Å². The van der Waals surface area contributed by atoms with Crippen molar-refractivity contribution in [1.82, 2.24) is 10.1 Å². The maximum absolute atomic E-state index is 5.57. The van der Waals surface area contributed by atoms with Gasteiger partial charge in [0.05, 0.1) is 11.9 Å². The van der Waals surface area contributed by atoms with E-state index in [1.807, 2.05) is 11.8 Å². The van der Waals surface area contributed by atoms with Gasteiger partial charge in [-0.3, -0.25) is 0 Å². The zero-order valence-corrected chi connectivity index (χ0v) is 12.3. The highest BCUT2D eigenvalue weighted by molar-refractivity contribution is 7.99. The maximum atomic E-state index is 5.57. The fraction of sp³-hybridized carbons (Fsp3) is 0.857. The first-order valence-corrected chi connectivity index (χ1v) is 8.43. The minimum absolute atomic E-state index is 0.356. The first-order chi connectivity index (χ1) is 9.33. The summed E-state index contributed by atoms with van der Waals surface area (Å²) in [5, 5.41) is 4.71. The molecule has 0 bridgehead atoms. The molecule has 0 radical (unpaired) electrons. The smallest absolute Gasteiger partial charge is 0.229 e. The summed E-state index contributed by atoms with van der Waals surface area (Å²) in [5.41, 5.74) is 0. The highest BCUT2D eigenvalue weighted by Crippen LogP contribution is 2.32. The van der Waals surface area contributed by atoms with E-state index in [0.29, 0.717) is 17.3 Å². The van der Waals surface area contributed by atoms with Crippen LogP contribution >= 0.6 is 11.8 Å². The molecule has 2 aliphatic rings. The molecule has 2 atom stereocenters. The average molecular weight is 282 g/mol. The predicted octanol–water partition coefficient (Wildman–Crippen LogP) is 3.53. The van der Waals surface area contributed by atoms with E-state index in [0.717, 1.165) is 30.5 Å². The van der Waals surface area contributed by atoms with E-state index in [1.165, 1.54) is 32.1 Å². The Bertz CT molecular complexity index is 404. The van der Waals surface area contributed by atoms with E-state index in [9.17, 15) is 0 Å². The maximum Gasteiger partial charge on any atom is 0.229 e. The van der Waals surface area contributed by atoms with Gasteiger partial charge in [-0.2, -0.15) is 4.98 Å². The molecule has 0 N–H and O–H groups in total. The summed E-state index contributed by atoms with van der Waals surface area (Å²) in [4.78, 5) is 4.58. The van der Waals surface area contributed by atoms with E-state index < -0.39 is 0 Å². The van der Waals surface area contributed by atoms with Crippen LogP contribution in [0.5, 0.6) is 0 Å². The van der Waals surface area contributed by atoms with E-state index in [2.05, 4.69) is 17.1 Å². The van der Waals surface area contributed by atoms with Gasteiger partial charge < -0.3 is 9.26 Å². The van der Waals surface area contributed by atoms with Crippen LogP contribution in [-0.4, -0.2) is 28.1 Å². The number of aromatic nitrogens is 2. The molecule has 19 heavy (non-hydrogen) atoms. The number of hydrogen-bond donors (Lipinski definition) is 0. The minimum atomic E-state index is 0.356. The quantitative estimate of drug-likeness (QED) is 0.845. The first-order valence-electron chi connectivity index (χ1n) is 7.38. The summed E-state index contributed by atoms with van der Waals surface area (Å²) >= 11 is 1.90. The van der Waals surface area contributed by atoms with Crippen LogP contribution in [0, 0.1) is 0 Å². The summed E-state index contributed by atoms with van der Waals surface area (Å²) in [7, 11) is 0. The molecule has 106 valence electrons. The van der Waals surface area contributed by atoms with Crippen LogP contribution in [0.2, 0.25) is 0 Å². The van der Waals surface area contributed by atoms with Gasteiger partial charge in [0.2, 0.25) is 5.89 Å². The molecule has 1 aliphatic heterocycles. The summed E-state index contributed by atoms with van der Waals surface area (Å²) < 4.78 is 11.0. The second kappa shape index (κ2) is 6.27. The van der Waals surface area contributed by atoms with Crippen LogP contribution in [0.4, 0.5) is 0 Å². The lowest BCUT2D eigenvalue weighted by atomic mass is 9.89. The normalized spacial score (nSPS) is 28.9. The SMILES string of the molecule is C[C@H]1OCC[C@H]1SCc1noc(C2CCCCC2)n1. The monoisotopic (exact) mass is 282 g/mol. The molecule has 0 amide bonds. The van der Waals surface area contributed by atoms with Crippen molar-refractivity contribution in [3.8, 4) is 0 Å². The van der Waals surface area contributed by atoms with E-state index in [1.54, 1.807) is 0 Å². The minimum Gasteiger partial charge on any atom is -0.377 e. The fourth-order valence-electron chi connectivity index (χ4n) is 2.95. The van der Waals surface area contributed by atoms with Gasteiger partial charge in [0, 0.05) is 17.8 Å². The Balaban J connectivity index is 1.52. The van der Waals surface area contributed by atoms with E-state index >= 15 is 0 Å². The Morgan fingerprint density at radius 3 is 2.79 bits per heavy atom. The summed E-state index contributed by atoms with van der Waals surface area (Å²) in [6.45, 7) is 3.03. The Kier molecular flexibility index (Phi) is 4.43. The number of hydrogen-bond acceptors (Lipinski definition) is 5. The lowest BCUT2D eigenvalue weighted by Crippen LogP contribution is -2.13. The number of ether oxygens (including phenoxy) is 1. The van der Waals surface area contributed by atoms with Crippen LogP contribution in [0.3, 0.4) is 0 Å². The van der Waals surface area contributed by atoms with Crippen LogP contribution in [0.1, 0.15) is 63.1 Å². The summed E-state index contributed by atoms with van der Waals surface area (Å²) in [6.07, 6.45) is 7.87. The van der Waals surface area contributed by atoms with Crippen LogP contribution in [-0.2, 0) is 10.5 Å². The van der Waals surface area contributed by atoms with Gasteiger partial charge >= 0.3 is 0 Å². The fourth-order valence-corrected chi connectivity index (χ4v) is 4.05. The van der Waals surface area contributed by atoms with Crippen molar-refractivity contribution >= 4 is 11.8 Å². The largest absolute Gasteiger partial charge is 0.377 e. The van der Waals surface area contributed by atoms with Gasteiger partial charge in [0.25, 0.3) is 0 Å². The number of thioether (sulfide) groups is 1. The molecule has 2 heterocycles. The topological polar surface area (TPSA) is 48.2 Å². The van der Waals surface area contributed by atoms with Gasteiger partial charge in [0.1, 0.15) is 0 Å². The van der Waals surface area contributed by atoms with Crippen LogP contribution in [0.25, 0.3) is 0 Å². The second-order valence-corrected chi connectivity index (χ2v) is 6.83. The predicted molar refractivity (Wildman–Crippen MR) is 75.2 cm³/mol. The lowest BCUT2D eigenvalue weighted by Gasteiger charge is -2.17. The second-order valence-electron chi connectivity index (χ2n) is 5.60. The number of rotatable bonds is 4. The highest BCUT2D eigenvalue weighted by atomic mass is 32.2. The van der Waals surface area contributed by atoms with Crippen molar-refractivity contribution < 1.29 is 9.26 Å². The molecule has 5 heteroatoms. The molecular weight excluding hydrogens is 260 g/mol. The van der Waals surface area contributed by atoms with Gasteiger partial charge in [-0.1, -0.05) is 24.4 Å². The van der Waals surface area contributed by atoms with Crippen molar-refractivity contribution in [2.45, 2.75) is 68.5 Å². The molecule has 1 saturated carbocycles. The van der Waals surface area contributed by atoms with Crippen molar-refractivity contribution in [3.05, 3.63) is 11.7 Å². The summed E-state index contributed by atoms with van der Waals surface area (Å²) in [5.74, 6) is 3.07. The molecule has 1 aromatic rings. The Labute approximate surface area is 118 Å². The third-order valence-corrected chi connectivity index (χ3v) is 5.64. The van der Waals surface area contributed by atoms with Gasteiger partial charge in [-0.15, -0.1) is 11.8 Å². The van der Waals surface area contributed by atoms with Gasteiger partial charge in [0.15, 0.2) is 5.82 Å². The molecule has 0 unspecified atom stereocenters. The molecular formula is C14H22N2O2S. The third kappa shape index (κ3) is 3.31. The van der Waals surface area contributed by atoms with Gasteiger partial charge in [-0.25, -0.2) is 0 Å².